The minimum atomic E-state index is -3.89. The lowest BCUT2D eigenvalue weighted by atomic mass is 10.2. The Hall–Kier alpha value is -0.440. The van der Waals surface area contributed by atoms with E-state index in [1.807, 2.05) is 6.92 Å². The summed E-state index contributed by atoms with van der Waals surface area (Å²) >= 11 is 6.50. The third-order valence-electron chi connectivity index (χ3n) is 2.98. The van der Waals surface area contributed by atoms with Crippen LogP contribution in [0.2, 0.25) is 0 Å². The van der Waals surface area contributed by atoms with E-state index in [4.69, 9.17) is 5.11 Å². The van der Waals surface area contributed by atoms with Crippen molar-refractivity contribution in [2.75, 3.05) is 7.05 Å². The predicted molar refractivity (Wildman–Crippen MR) is 83.2 cm³/mol. The molecule has 0 fully saturated rings. The lowest BCUT2D eigenvalue weighted by molar-refractivity contribution is -0.141. The van der Waals surface area contributed by atoms with Crippen molar-refractivity contribution in [2.24, 2.45) is 0 Å². The SMILES string of the molecule is CCC(C(=O)O)N(C)S(=O)(=O)c1cc(Br)c(C)cc1Br. The number of rotatable bonds is 5. The minimum absolute atomic E-state index is 0.0391. The molecule has 0 aliphatic carbocycles. The van der Waals surface area contributed by atoms with Gasteiger partial charge in [0.25, 0.3) is 0 Å². The van der Waals surface area contributed by atoms with Gasteiger partial charge in [0.05, 0.1) is 4.90 Å². The summed E-state index contributed by atoms with van der Waals surface area (Å²) in [6.07, 6.45) is 0.190. The number of benzene rings is 1. The molecule has 0 saturated carbocycles. The quantitative estimate of drug-likeness (QED) is 0.782. The number of carboxylic acids is 1. The number of hydrogen-bond acceptors (Lipinski definition) is 3. The summed E-state index contributed by atoms with van der Waals surface area (Å²) in [6.45, 7) is 3.46. The van der Waals surface area contributed by atoms with Gasteiger partial charge < -0.3 is 5.11 Å². The van der Waals surface area contributed by atoms with Gasteiger partial charge in [-0.05, 0) is 47.0 Å². The number of aliphatic carboxylic acids is 1. The number of carboxylic acid groups (broad SMARTS) is 1. The molecule has 112 valence electrons. The Kier molecular flexibility index (Phi) is 5.77. The Morgan fingerprint density at radius 3 is 2.35 bits per heavy atom. The molecular weight excluding hydrogens is 414 g/mol. The van der Waals surface area contributed by atoms with Crippen LogP contribution < -0.4 is 0 Å². The standard InChI is InChI=1S/C12H15Br2NO4S/c1-4-10(12(16)17)15(3)20(18,19)11-6-8(13)7(2)5-9(11)14/h5-6,10H,4H2,1-3H3,(H,16,17). The monoisotopic (exact) mass is 427 g/mol. The van der Waals surface area contributed by atoms with Crippen molar-refractivity contribution in [2.45, 2.75) is 31.2 Å². The molecule has 0 spiro atoms. The number of aryl methyl sites for hydroxylation is 1. The highest BCUT2D eigenvalue weighted by atomic mass is 79.9. The first-order valence-electron chi connectivity index (χ1n) is 5.79. The van der Waals surface area contributed by atoms with Crippen LogP contribution in [0.15, 0.2) is 26.0 Å². The molecule has 0 aromatic heterocycles. The second-order valence-electron chi connectivity index (χ2n) is 4.32. The first kappa shape index (κ1) is 17.6. The summed E-state index contributed by atoms with van der Waals surface area (Å²) in [7, 11) is -2.61. The molecule has 0 heterocycles. The van der Waals surface area contributed by atoms with Gasteiger partial charge in [-0.25, -0.2) is 8.42 Å². The molecule has 0 amide bonds. The number of nitrogens with zero attached hydrogens (tertiary/aromatic N) is 1. The van der Waals surface area contributed by atoms with Crippen LogP contribution in [0.1, 0.15) is 18.9 Å². The normalized spacial score (nSPS) is 13.5. The second-order valence-corrected chi connectivity index (χ2v) is 7.99. The summed E-state index contributed by atoms with van der Waals surface area (Å²) in [6, 6.07) is 2.05. The zero-order chi connectivity index (χ0) is 15.7. The Morgan fingerprint density at radius 1 is 1.35 bits per heavy atom. The van der Waals surface area contributed by atoms with Crippen molar-refractivity contribution in [3.8, 4) is 0 Å². The first-order chi connectivity index (χ1) is 9.12. The van der Waals surface area contributed by atoms with Gasteiger partial charge in [-0.3, -0.25) is 4.79 Å². The molecule has 0 aliphatic heterocycles. The number of sulfonamides is 1. The fourth-order valence-corrected chi connectivity index (χ4v) is 4.76. The van der Waals surface area contributed by atoms with E-state index in [2.05, 4.69) is 31.9 Å². The van der Waals surface area contributed by atoms with E-state index >= 15 is 0 Å². The van der Waals surface area contributed by atoms with Crippen molar-refractivity contribution in [1.29, 1.82) is 0 Å². The molecule has 1 rings (SSSR count). The molecule has 0 saturated heterocycles. The van der Waals surface area contributed by atoms with E-state index < -0.39 is 22.0 Å². The highest BCUT2D eigenvalue weighted by Crippen LogP contribution is 2.31. The zero-order valence-electron chi connectivity index (χ0n) is 11.2. The molecular formula is C12H15Br2NO4S. The lowest BCUT2D eigenvalue weighted by Crippen LogP contribution is -2.42. The molecule has 5 nitrogen and oxygen atoms in total. The maximum atomic E-state index is 12.5. The van der Waals surface area contributed by atoms with Crippen LogP contribution in [0, 0.1) is 6.92 Å². The third-order valence-corrected chi connectivity index (χ3v) is 6.66. The fourth-order valence-electron chi connectivity index (χ4n) is 1.74. The molecule has 1 unspecified atom stereocenters. The molecule has 0 radical (unpaired) electrons. The van der Waals surface area contributed by atoms with Crippen molar-refractivity contribution in [3.05, 3.63) is 26.6 Å². The van der Waals surface area contributed by atoms with Crippen LogP contribution >= 0.6 is 31.9 Å². The summed E-state index contributed by atoms with van der Waals surface area (Å²) < 4.78 is 27.0. The Morgan fingerprint density at radius 2 is 1.90 bits per heavy atom. The summed E-state index contributed by atoms with van der Waals surface area (Å²) in [5.41, 5.74) is 0.878. The lowest BCUT2D eigenvalue weighted by Gasteiger charge is -2.24. The average Bonchev–Trinajstić information content (AvgIpc) is 2.33. The van der Waals surface area contributed by atoms with Gasteiger partial charge >= 0.3 is 5.97 Å². The smallest absolute Gasteiger partial charge is 0.321 e. The maximum Gasteiger partial charge on any atom is 0.321 e. The van der Waals surface area contributed by atoms with Crippen LogP contribution in [-0.2, 0) is 14.8 Å². The van der Waals surface area contributed by atoms with E-state index in [1.54, 1.807) is 13.0 Å². The van der Waals surface area contributed by atoms with Gasteiger partial charge in [-0.2, -0.15) is 4.31 Å². The predicted octanol–water partition coefficient (Wildman–Crippen LogP) is 3.00. The topological polar surface area (TPSA) is 74.7 Å². The van der Waals surface area contributed by atoms with Crippen molar-refractivity contribution in [3.63, 3.8) is 0 Å². The number of halogens is 2. The molecule has 0 bridgehead atoms. The Labute approximate surface area is 135 Å². The van der Waals surface area contributed by atoms with Crippen molar-refractivity contribution >= 4 is 47.9 Å². The van der Waals surface area contributed by atoms with Crippen LogP contribution in [0.3, 0.4) is 0 Å². The highest BCUT2D eigenvalue weighted by Gasteiger charge is 2.33. The van der Waals surface area contributed by atoms with E-state index in [0.29, 0.717) is 8.95 Å². The van der Waals surface area contributed by atoms with Gasteiger partial charge in [0.2, 0.25) is 10.0 Å². The molecule has 1 N–H and O–H groups in total. The van der Waals surface area contributed by atoms with Gasteiger partial charge in [-0.15, -0.1) is 0 Å². The van der Waals surface area contributed by atoms with Gasteiger partial charge in [0.15, 0.2) is 0 Å². The fraction of sp³-hybridized carbons (Fsp3) is 0.417. The van der Waals surface area contributed by atoms with E-state index in [9.17, 15) is 13.2 Å². The molecule has 8 heteroatoms. The third kappa shape index (κ3) is 3.41. The Bertz CT molecular complexity index is 631. The summed E-state index contributed by atoms with van der Waals surface area (Å²) in [5.74, 6) is -1.17. The Balaban J connectivity index is 3.37. The second kappa shape index (κ2) is 6.55. The maximum absolute atomic E-state index is 12.5. The van der Waals surface area contributed by atoms with Gasteiger partial charge in [-0.1, -0.05) is 22.9 Å². The van der Waals surface area contributed by atoms with Crippen LogP contribution in [0.25, 0.3) is 0 Å². The average molecular weight is 429 g/mol. The van der Waals surface area contributed by atoms with E-state index in [-0.39, 0.29) is 11.3 Å². The molecule has 1 atom stereocenters. The number of carbonyl (C=O) groups is 1. The van der Waals surface area contributed by atoms with E-state index in [1.165, 1.54) is 13.1 Å². The van der Waals surface area contributed by atoms with Gasteiger partial charge in [0.1, 0.15) is 6.04 Å². The van der Waals surface area contributed by atoms with Crippen LogP contribution in [-0.4, -0.2) is 36.9 Å². The molecule has 1 aromatic carbocycles. The number of hydrogen-bond donors (Lipinski definition) is 1. The molecule has 20 heavy (non-hydrogen) atoms. The van der Waals surface area contributed by atoms with Crippen molar-refractivity contribution < 1.29 is 18.3 Å². The molecule has 0 aliphatic rings. The van der Waals surface area contributed by atoms with Gasteiger partial charge in [0, 0.05) is 16.0 Å². The van der Waals surface area contributed by atoms with Crippen LogP contribution in [0.4, 0.5) is 0 Å². The summed E-state index contributed by atoms with van der Waals surface area (Å²) in [4.78, 5) is 11.2. The van der Waals surface area contributed by atoms with E-state index in [0.717, 1.165) is 9.87 Å². The van der Waals surface area contributed by atoms with Crippen LogP contribution in [0.5, 0.6) is 0 Å². The number of likely N-dealkylation sites (N-methyl/N-ethyl adjacent to an activating group) is 1. The molecule has 1 aromatic rings. The summed E-state index contributed by atoms with van der Waals surface area (Å²) in [5, 5.41) is 9.09. The van der Waals surface area contributed by atoms with Crippen molar-refractivity contribution in [1.82, 2.24) is 4.31 Å². The first-order valence-corrected chi connectivity index (χ1v) is 8.82. The largest absolute Gasteiger partial charge is 0.480 e. The zero-order valence-corrected chi connectivity index (χ0v) is 15.2. The highest BCUT2D eigenvalue weighted by molar-refractivity contribution is 9.11. The minimum Gasteiger partial charge on any atom is -0.480 e.